The Bertz CT molecular complexity index is 1200. The van der Waals surface area contributed by atoms with Crippen molar-refractivity contribution in [2.24, 2.45) is 0 Å². The summed E-state index contributed by atoms with van der Waals surface area (Å²) >= 11 is 0. The van der Waals surface area contributed by atoms with Crippen LogP contribution in [0.15, 0.2) is 53.4 Å². The van der Waals surface area contributed by atoms with Crippen LogP contribution in [0, 0.1) is 6.92 Å². The largest absolute Gasteiger partial charge is 0.464 e. The summed E-state index contributed by atoms with van der Waals surface area (Å²) in [6, 6.07) is 11.9. The van der Waals surface area contributed by atoms with E-state index in [4.69, 9.17) is 4.42 Å². The first-order valence-corrected chi connectivity index (χ1v) is 10.2. The van der Waals surface area contributed by atoms with Crippen molar-refractivity contribution in [3.8, 4) is 11.4 Å². The van der Waals surface area contributed by atoms with Crippen LogP contribution < -0.4 is 5.32 Å². The van der Waals surface area contributed by atoms with Gasteiger partial charge in [-0.3, -0.25) is 4.79 Å². The Morgan fingerprint density at radius 2 is 2.07 bits per heavy atom. The van der Waals surface area contributed by atoms with E-state index in [2.05, 4.69) is 48.4 Å². The van der Waals surface area contributed by atoms with Crippen LogP contribution in [0.2, 0.25) is 0 Å². The lowest BCUT2D eigenvalue weighted by Gasteiger charge is -2.10. The monoisotopic (exact) mass is 402 g/mol. The number of hydrogen-bond acceptors (Lipinski definition) is 4. The predicted octanol–water partition coefficient (Wildman–Crippen LogP) is 5.32. The van der Waals surface area contributed by atoms with Gasteiger partial charge in [-0.05, 0) is 55.2 Å². The Labute approximate surface area is 175 Å². The average molecular weight is 402 g/mol. The predicted molar refractivity (Wildman–Crippen MR) is 119 cm³/mol. The van der Waals surface area contributed by atoms with E-state index >= 15 is 0 Å². The minimum absolute atomic E-state index is 0.0847. The number of nitrogens with one attached hydrogen (secondary N) is 1. The summed E-state index contributed by atoms with van der Waals surface area (Å²) in [7, 11) is 0. The van der Waals surface area contributed by atoms with Gasteiger partial charge in [0.1, 0.15) is 11.9 Å². The van der Waals surface area contributed by atoms with Crippen LogP contribution in [0.25, 0.3) is 22.4 Å². The molecule has 0 aliphatic heterocycles. The smallest absolute Gasteiger partial charge is 0.228 e. The van der Waals surface area contributed by atoms with Crippen molar-refractivity contribution in [1.82, 2.24) is 14.8 Å². The minimum Gasteiger partial charge on any atom is -0.464 e. The molecule has 2 aromatic heterocycles. The van der Waals surface area contributed by atoms with Gasteiger partial charge in [0.05, 0.1) is 12.7 Å². The molecule has 0 unspecified atom stereocenters. The molecule has 0 aliphatic carbocycles. The van der Waals surface area contributed by atoms with Gasteiger partial charge in [-0.1, -0.05) is 26.0 Å². The summed E-state index contributed by atoms with van der Waals surface area (Å²) in [6.07, 6.45) is 3.65. The van der Waals surface area contributed by atoms with Crippen molar-refractivity contribution in [1.29, 1.82) is 0 Å². The Morgan fingerprint density at radius 1 is 1.23 bits per heavy atom. The second-order valence-electron chi connectivity index (χ2n) is 7.87. The summed E-state index contributed by atoms with van der Waals surface area (Å²) in [4.78, 5) is 12.7. The van der Waals surface area contributed by atoms with Crippen molar-refractivity contribution in [3.63, 3.8) is 0 Å². The highest BCUT2D eigenvalue weighted by molar-refractivity contribution is 5.96. The third-order valence-corrected chi connectivity index (χ3v) is 5.38. The number of nitrogens with zero attached hydrogens (tertiary/aromatic N) is 3. The molecule has 0 spiro atoms. The highest BCUT2D eigenvalue weighted by Gasteiger charge is 2.15. The first-order chi connectivity index (χ1) is 14.5. The highest BCUT2D eigenvalue weighted by atomic mass is 16.3. The number of hydrogen-bond donors (Lipinski definition) is 1. The van der Waals surface area contributed by atoms with E-state index in [9.17, 15) is 4.79 Å². The summed E-state index contributed by atoms with van der Waals surface area (Å²) in [5.74, 6) is 1.11. The lowest BCUT2D eigenvalue weighted by molar-refractivity contribution is -0.115. The number of aryl methyl sites for hydroxylation is 2. The van der Waals surface area contributed by atoms with E-state index < -0.39 is 0 Å². The maximum Gasteiger partial charge on any atom is 0.228 e. The fourth-order valence-electron chi connectivity index (χ4n) is 3.83. The number of anilines is 1. The molecule has 0 radical (unpaired) electrons. The Hall–Kier alpha value is -3.41. The molecule has 0 saturated heterocycles. The first-order valence-electron chi connectivity index (χ1n) is 10.2. The van der Waals surface area contributed by atoms with E-state index in [1.807, 2.05) is 35.8 Å². The molecular formula is C24H26N4O2. The average Bonchev–Trinajstić information content (AvgIpc) is 3.34. The number of rotatable bonds is 6. The second-order valence-corrected chi connectivity index (χ2v) is 7.87. The third-order valence-electron chi connectivity index (χ3n) is 5.38. The van der Waals surface area contributed by atoms with Crippen molar-refractivity contribution in [3.05, 3.63) is 65.7 Å². The van der Waals surface area contributed by atoms with Crippen molar-refractivity contribution < 1.29 is 9.21 Å². The van der Waals surface area contributed by atoms with Gasteiger partial charge in [-0.15, -0.1) is 10.2 Å². The van der Waals surface area contributed by atoms with E-state index in [-0.39, 0.29) is 12.3 Å². The van der Waals surface area contributed by atoms with Crippen LogP contribution in [0.1, 0.15) is 43.4 Å². The number of amides is 1. The molecule has 0 fully saturated rings. The summed E-state index contributed by atoms with van der Waals surface area (Å²) in [6.45, 7) is 9.26. The van der Waals surface area contributed by atoms with Crippen LogP contribution in [0.3, 0.4) is 0 Å². The fourth-order valence-corrected chi connectivity index (χ4v) is 3.83. The summed E-state index contributed by atoms with van der Waals surface area (Å²) in [5, 5.41) is 12.2. The zero-order valence-corrected chi connectivity index (χ0v) is 17.8. The summed E-state index contributed by atoms with van der Waals surface area (Å²) in [5.41, 5.74) is 5.84. The lowest BCUT2D eigenvalue weighted by Crippen LogP contribution is -2.14. The summed E-state index contributed by atoms with van der Waals surface area (Å²) < 4.78 is 7.68. The van der Waals surface area contributed by atoms with Gasteiger partial charge in [0.25, 0.3) is 0 Å². The molecule has 0 atom stereocenters. The van der Waals surface area contributed by atoms with Gasteiger partial charge in [0.15, 0.2) is 5.82 Å². The maximum absolute atomic E-state index is 12.7. The quantitative estimate of drug-likeness (QED) is 0.473. The zero-order chi connectivity index (χ0) is 21.3. The van der Waals surface area contributed by atoms with Crippen molar-refractivity contribution >= 4 is 22.6 Å². The van der Waals surface area contributed by atoms with Gasteiger partial charge < -0.3 is 14.3 Å². The van der Waals surface area contributed by atoms with Gasteiger partial charge in [-0.25, -0.2) is 0 Å². The molecule has 6 nitrogen and oxygen atoms in total. The van der Waals surface area contributed by atoms with Crippen molar-refractivity contribution in [2.75, 3.05) is 5.32 Å². The van der Waals surface area contributed by atoms with Crippen LogP contribution >= 0.6 is 0 Å². The maximum atomic E-state index is 12.7. The first kappa shape index (κ1) is 19.9. The highest BCUT2D eigenvalue weighted by Crippen LogP contribution is 2.29. The van der Waals surface area contributed by atoms with E-state index in [1.54, 1.807) is 12.6 Å². The molecule has 6 heteroatoms. The van der Waals surface area contributed by atoms with Crippen molar-refractivity contribution in [2.45, 2.75) is 46.6 Å². The SMILES string of the molecule is CCn1cnnc1-c1cccc(NC(=O)Cc2coc3cc(C)c(C(C)C)cc23)c1. The molecular weight excluding hydrogens is 376 g/mol. The molecule has 4 rings (SSSR count). The second kappa shape index (κ2) is 8.14. The molecule has 154 valence electrons. The van der Waals surface area contributed by atoms with Gasteiger partial charge in [0, 0.05) is 28.7 Å². The van der Waals surface area contributed by atoms with E-state index in [0.29, 0.717) is 5.92 Å². The minimum atomic E-state index is -0.0847. The molecule has 1 amide bonds. The molecule has 1 N–H and O–H groups in total. The van der Waals surface area contributed by atoms with Crippen LogP contribution in [0.5, 0.6) is 0 Å². The van der Waals surface area contributed by atoms with Gasteiger partial charge in [0.2, 0.25) is 5.91 Å². The van der Waals surface area contributed by atoms with Gasteiger partial charge in [-0.2, -0.15) is 0 Å². The van der Waals surface area contributed by atoms with E-state index in [0.717, 1.165) is 40.2 Å². The van der Waals surface area contributed by atoms with Crippen LogP contribution in [-0.4, -0.2) is 20.7 Å². The Kier molecular flexibility index (Phi) is 5.40. The Balaban J connectivity index is 1.54. The molecule has 2 heterocycles. The number of carbonyl (C=O) groups is 1. The number of carbonyl (C=O) groups excluding carboxylic acids is 1. The Morgan fingerprint density at radius 3 is 2.83 bits per heavy atom. The fraction of sp³-hybridized carbons (Fsp3) is 0.292. The third kappa shape index (κ3) is 3.85. The van der Waals surface area contributed by atoms with Gasteiger partial charge >= 0.3 is 0 Å². The topological polar surface area (TPSA) is 73.0 Å². The molecule has 0 bridgehead atoms. The number of fused-ring (bicyclic) bond motifs is 1. The molecule has 2 aromatic carbocycles. The van der Waals surface area contributed by atoms with Crippen LogP contribution in [-0.2, 0) is 17.8 Å². The molecule has 4 aromatic rings. The molecule has 0 aliphatic rings. The number of aromatic nitrogens is 3. The number of benzene rings is 2. The number of furan rings is 1. The van der Waals surface area contributed by atoms with E-state index in [1.165, 1.54) is 11.1 Å². The lowest BCUT2D eigenvalue weighted by atomic mass is 9.95. The zero-order valence-electron chi connectivity index (χ0n) is 17.8. The normalized spacial score (nSPS) is 11.4. The van der Waals surface area contributed by atoms with Crippen LogP contribution in [0.4, 0.5) is 5.69 Å². The molecule has 0 saturated carbocycles. The molecule has 30 heavy (non-hydrogen) atoms. The standard InChI is InChI=1S/C24H26N4O2/c1-5-28-14-25-27-24(28)17-7-6-8-19(10-17)26-23(29)11-18-13-30-22-9-16(4)20(15(2)3)12-21(18)22/h6-10,12-15H,5,11H2,1-4H3,(H,26,29).